The van der Waals surface area contributed by atoms with Gasteiger partial charge in [-0.3, -0.25) is 9.59 Å². The number of carbonyl (C=O) groups excluding carboxylic acids is 1. The zero-order chi connectivity index (χ0) is 20.1. The molecule has 2 atom stereocenters. The second-order valence-corrected chi connectivity index (χ2v) is 6.65. The summed E-state index contributed by atoms with van der Waals surface area (Å²) in [4.78, 5) is 22.2. The Labute approximate surface area is 159 Å². The third-order valence-corrected chi connectivity index (χ3v) is 4.25. The van der Waals surface area contributed by atoms with Gasteiger partial charge in [0.2, 0.25) is 0 Å². The van der Waals surface area contributed by atoms with Crippen molar-refractivity contribution in [2.45, 2.75) is 58.0 Å². The maximum absolute atomic E-state index is 13.1. The predicted octanol–water partition coefficient (Wildman–Crippen LogP) is 4.14. The van der Waals surface area contributed by atoms with Crippen molar-refractivity contribution >= 4 is 11.8 Å². The molecule has 5 nitrogen and oxygen atoms in total. The Morgan fingerprint density at radius 3 is 2.67 bits per heavy atom. The summed E-state index contributed by atoms with van der Waals surface area (Å²) >= 11 is 0. The van der Waals surface area contributed by atoms with Crippen LogP contribution in [0.15, 0.2) is 36.4 Å². The summed E-state index contributed by atoms with van der Waals surface area (Å²) in [5, 5.41) is 18.6. The molecule has 2 unspecified atom stereocenters. The number of hydrogen-bond acceptors (Lipinski definition) is 4. The number of halogens is 1. The lowest BCUT2D eigenvalue weighted by atomic mass is 9.93. The quantitative estimate of drug-likeness (QED) is 0.374. The first-order valence-corrected chi connectivity index (χ1v) is 9.32. The first-order chi connectivity index (χ1) is 12.9. The maximum atomic E-state index is 13.1. The zero-order valence-electron chi connectivity index (χ0n) is 15.8. The Balaban J connectivity index is 2.24. The van der Waals surface area contributed by atoms with Gasteiger partial charge >= 0.3 is 5.97 Å². The number of rotatable bonds is 14. The molecule has 0 bridgehead atoms. The molecule has 0 radical (unpaired) electrons. The third kappa shape index (κ3) is 11.2. The van der Waals surface area contributed by atoms with Crippen LogP contribution < -0.4 is 4.74 Å². The number of allylic oxidation sites excluding steroid dienone is 2. The van der Waals surface area contributed by atoms with Crippen molar-refractivity contribution in [3.63, 3.8) is 0 Å². The van der Waals surface area contributed by atoms with Gasteiger partial charge in [0.25, 0.3) is 0 Å². The smallest absolute Gasteiger partial charge is 0.303 e. The van der Waals surface area contributed by atoms with Crippen molar-refractivity contribution < 1.29 is 28.9 Å². The molecule has 1 rings (SSSR count). The fraction of sp³-hybridized carbons (Fsp3) is 0.524. The van der Waals surface area contributed by atoms with Crippen molar-refractivity contribution in [2.75, 3.05) is 6.61 Å². The molecule has 0 aliphatic heterocycles. The van der Waals surface area contributed by atoms with Crippen LogP contribution in [0.3, 0.4) is 0 Å². The van der Waals surface area contributed by atoms with E-state index in [2.05, 4.69) is 0 Å². The minimum Gasteiger partial charge on any atom is -0.491 e. The average molecular weight is 380 g/mol. The molecule has 0 saturated carbocycles. The van der Waals surface area contributed by atoms with E-state index in [-0.39, 0.29) is 30.5 Å². The lowest BCUT2D eigenvalue weighted by Gasteiger charge is -2.15. The average Bonchev–Trinajstić information content (AvgIpc) is 2.60. The summed E-state index contributed by atoms with van der Waals surface area (Å²) in [5.74, 6) is -0.802. The second kappa shape index (κ2) is 13.0. The monoisotopic (exact) mass is 380 g/mol. The van der Waals surface area contributed by atoms with Crippen LogP contribution in [0.4, 0.5) is 4.39 Å². The number of hydrogen-bond donors (Lipinski definition) is 2. The van der Waals surface area contributed by atoms with Gasteiger partial charge in [-0.15, -0.1) is 0 Å². The standard InChI is InChI=1S/C21H29FO5/c1-16(23)17(8-4-2-3-5-13-21(25)26)9-6-11-19(24)15-27-20-12-7-10-18(22)14-20/h2,4,7,10,12,14,17,19,24H,3,5-6,8-9,11,13,15H2,1H3,(H,25,26)/b4-2-. The van der Waals surface area contributed by atoms with Gasteiger partial charge in [0.1, 0.15) is 24.0 Å². The number of benzene rings is 1. The van der Waals surface area contributed by atoms with E-state index in [1.54, 1.807) is 19.1 Å². The van der Waals surface area contributed by atoms with Gasteiger partial charge in [0.15, 0.2) is 0 Å². The summed E-state index contributed by atoms with van der Waals surface area (Å²) in [7, 11) is 0. The van der Waals surface area contributed by atoms with Crippen LogP contribution in [0.5, 0.6) is 5.75 Å². The van der Waals surface area contributed by atoms with E-state index in [0.29, 0.717) is 44.3 Å². The van der Waals surface area contributed by atoms with E-state index in [1.807, 2.05) is 12.2 Å². The van der Waals surface area contributed by atoms with E-state index in [1.165, 1.54) is 12.1 Å². The van der Waals surface area contributed by atoms with Crippen LogP contribution in [-0.2, 0) is 9.59 Å². The highest BCUT2D eigenvalue weighted by atomic mass is 19.1. The minimum atomic E-state index is -0.801. The number of ether oxygens (including phenoxy) is 1. The van der Waals surface area contributed by atoms with Crippen molar-refractivity contribution in [1.82, 2.24) is 0 Å². The number of carboxylic acids is 1. The van der Waals surface area contributed by atoms with Gasteiger partial charge in [-0.1, -0.05) is 24.6 Å². The topological polar surface area (TPSA) is 83.8 Å². The molecule has 1 aromatic rings. The van der Waals surface area contributed by atoms with Gasteiger partial charge in [-0.05, 0) is 51.2 Å². The van der Waals surface area contributed by atoms with Gasteiger partial charge in [-0.2, -0.15) is 0 Å². The van der Waals surface area contributed by atoms with Gasteiger partial charge in [-0.25, -0.2) is 4.39 Å². The number of aliphatic carboxylic acids is 1. The number of aliphatic hydroxyl groups excluding tert-OH is 1. The highest BCUT2D eigenvalue weighted by Crippen LogP contribution is 2.17. The SMILES string of the molecule is CC(=O)C(C/C=C\CCCC(=O)O)CCCC(O)COc1cccc(F)c1. The Hall–Kier alpha value is -2.21. The number of carboxylic acid groups (broad SMARTS) is 1. The molecule has 0 amide bonds. The van der Waals surface area contributed by atoms with E-state index in [0.717, 1.165) is 0 Å². The molecular formula is C21H29FO5. The zero-order valence-corrected chi connectivity index (χ0v) is 15.8. The highest BCUT2D eigenvalue weighted by Gasteiger charge is 2.14. The fourth-order valence-electron chi connectivity index (χ4n) is 2.67. The molecule has 150 valence electrons. The fourth-order valence-corrected chi connectivity index (χ4v) is 2.67. The van der Waals surface area contributed by atoms with Crippen molar-refractivity contribution in [1.29, 1.82) is 0 Å². The molecule has 0 aliphatic carbocycles. The van der Waals surface area contributed by atoms with Crippen LogP contribution in [0, 0.1) is 11.7 Å². The van der Waals surface area contributed by atoms with Gasteiger partial charge in [0, 0.05) is 18.4 Å². The Morgan fingerprint density at radius 1 is 1.22 bits per heavy atom. The van der Waals surface area contributed by atoms with E-state index < -0.39 is 12.1 Å². The van der Waals surface area contributed by atoms with Crippen LogP contribution in [-0.4, -0.2) is 34.7 Å². The number of aliphatic hydroxyl groups is 1. The molecule has 0 aliphatic rings. The van der Waals surface area contributed by atoms with Crippen LogP contribution >= 0.6 is 0 Å². The van der Waals surface area contributed by atoms with E-state index in [4.69, 9.17) is 9.84 Å². The molecule has 2 N–H and O–H groups in total. The lowest BCUT2D eigenvalue weighted by molar-refractivity contribution is -0.137. The highest BCUT2D eigenvalue weighted by molar-refractivity contribution is 5.78. The minimum absolute atomic E-state index is 0.0810. The predicted molar refractivity (Wildman–Crippen MR) is 101 cm³/mol. The maximum Gasteiger partial charge on any atom is 0.303 e. The normalized spacial score (nSPS) is 13.4. The molecule has 0 spiro atoms. The van der Waals surface area contributed by atoms with Gasteiger partial charge in [0.05, 0.1) is 6.10 Å². The van der Waals surface area contributed by atoms with Crippen LogP contribution in [0.2, 0.25) is 0 Å². The van der Waals surface area contributed by atoms with Crippen LogP contribution in [0.1, 0.15) is 51.9 Å². The largest absolute Gasteiger partial charge is 0.491 e. The molecule has 0 aromatic heterocycles. The summed E-state index contributed by atoms with van der Waals surface area (Å²) in [5.41, 5.74) is 0. The molecule has 6 heteroatoms. The van der Waals surface area contributed by atoms with Crippen LogP contribution in [0.25, 0.3) is 0 Å². The first kappa shape index (κ1) is 22.8. The Morgan fingerprint density at radius 2 is 2.00 bits per heavy atom. The molecule has 0 heterocycles. The first-order valence-electron chi connectivity index (χ1n) is 9.32. The van der Waals surface area contributed by atoms with E-state index in [9.17, 15) is 19.1 Å². The molecule has 27 heavy (non-hydrogen) atoms. The van der Waals surface area contributed by atoms with Gasteiger partial charge < -0.3 is 14.9 Å². The number of ketones is 1. The summed E-state index contributed by atoms with van der Waals surface area (Å²) in [6.45, 7) is 1.64. The summed E-state index contributed by atoms with van der Waals surface area (Å²) < 4.78 is 18.4. The number of unbranched alkanes of at least 4 members (excludes halogenated alkanes) is 1. The van der Waals surface area contributed by atoms with Crippen molar-refractivity contribution in [3.05, 3.63) is 42.2 Å². The third-order valence-electron chi connectivity index (χ3n) is 4.25. The second-order valence-electron chi connectivity index (χ2n) is 6.65. The van der Waals surface area contributed by atoms with Crippen molar-refractivity contribution in [3.8, 4) is 5.75 Å². The summed E-state index contributed by atoms with van der Waals surface area (Å²) in [6.07, 6.45) is 7.08. The molecule has 0 fully saturated rings. The lowest BCUT2D eigenvalue weighted by Crippen LogP contribution is -2.18. The van der Waals surface area contributed by atoms with Crippen molar-refractivity contribution in [2.24, 2.45) is 5.92 Å². The molecular weight excluding hydrogens is 351 g/mol. The number of Topliss-reactive ketones (excluding diaryl/α,β-unsaturated/α-hetero) is 1. The number of carbonyl (C=O) groups is 2. The molecule has 1 aromatic carbocycles. The Bertz CT molecular complexity index is 614. The van der Waals surface area contributed by atoms with E-state index >= 15 is 0 Å². The Kier molecular flexibility index (Phi) is 11.0. The summed E-state index contributed by atoms with van der Waals surface area (Å²) in [6, 6.07) is 5.77. The molecule has 0 saturated heterocycles.